The van der Waals surface area contributed by atoms with E-state index in [1.54, 1.807) is 6.92 Å². The summed E-state index contributed by atoms with van der Waals surface area (Å²) in [7, 11) is 0. The first-order valence-electron chi connectivity index (χ1n) is 8.17. The van der Waals surface area contributed by atoms with Crippen LogP contribution in [0.5, 0.6) is 0 Å². The number of carbonyl (C=O) groups excluding carboxylic acids is 1. The average molecular weight is 325 g/mol. The summed E-state index contributed by atoms with van der Waals surface area (Å²) in [5.41, 5.74) is 3.00. The second-order valence-corrected chi connectivity index (χ2v) is 5.82. The monoisotopic (exact) mass is 325 g/mol. The molecule has 0 amide bonds. The van der Waals surface area contributed by atoms with Crippen LogP contribution in [0.15, 0.2) is 36.7 Å². The number of hydrogen-bond donors (Lipinski definition) is 2. The number of ether oxygens (including phenoxy) is 1. The number of nitrogens with one attached hydrogen (secondary N) is 2. The molecule has 0 spiro atoms. The van der Waals surface area contributed by atoms with Crippen molar-refractivity contribution in [3.05, 3.63) is 47.9 Å². The third-order valence-corrected chi connectivity index (χ3v) is 3.74. The lowest BCUT2D eigenvalue weighted by Crippen LogP contribution is -2.20. The predicted molar refractivity (Wildman–Crippen MR) is 94.3 cm³/mol. The lowest BCUT2D eigenvalue weighted by molar-refractivity contribution is -0.139. The SMILES string of the molecule is C=C(C)OC(=O)CCNCCCCc1c[nH]c2ccc(C#N)cc12. The molecule has 0 aliphatic rings. The molecule has 5 nitrogen and oxygen atoms in total. The van der Waals surface area contributed by atoms with E-state index < -0.39 is 0 Å². The van der Waals surface area contributed by atoms with Gasteiger partial charge in [0.15, 0.2) is 0 Å². The largest absolute Gasteiger partial charge is 0.432 e. The first-order chi connectivity index (χ1) is 11.6. The van der Waals surface area contributed by atoms with Crippen molar-refractivity contribution in [1.82, 2.24) is 10.3 Å². The number of aromatic nitrogens is 1. The van der Waals surface area contributed by atoms with Gasteiger partial charge in [-0.05, 0) is 56.5 Å². The van der Waals surface area contributed by atoms with Gasteiger partial charge in [-0.25, -0.2) is 0 Å². The number of carbonyl (C=O) groups is 1. The van der Waals surface area contributed by atoms with E-state index in [1.807, 2.05) is 24.4 Å². The van der Waals surface area contributed by atoms with E-state index >= 15 is 0 Å². The van der Waals surface area contributed by atoms with Crippen LogP contribution in [0.2, 0.25) is 0 Å². The molecular formula is C19H23N3O2. The number of aromatic amines is 1. The Kier molecular flexibility index (Phi) is 6.59. The zero-order chi connectivity index (χ0) is 17.4. The molecule has 0 aliphatic carbocycles. The van der Waals surface area contributed by atoms with Crippen LogP contribution in [-0.4, -0.2) is 24.0 Å². The molecule has 0 radical (unpaired) electrons. The van der Waals surface area contributed by atoms with Crippen LogP contribution in [0.4, 0.5) is 0 Å². The summed E-state index contributed by atoms with van der Waals surface area (Å²) in [5, 5.41) is 13.4. The number of unbranched alkanes of at least 4 members (excludes halogenated alkanes) is 1. The third kappa shape index (κ3) is 5.25. The first kappa shape index (κ1) is 17.8. The summed E-state index contributed by atoms with van der Waals surface area (Å²) in [6.45, 7) is 6.68. The highest BCUT2D eigenvalue weighted by Gasteiger charge is 2.05. The average Bonchev–Trinajstić information content (AvgIpc) is 2.95. The van der Waals surface area contributed by atoms with Gasteiger partial charge in [0.1, 0.15) is 0 Å². The van der Waals surface area contributed by atoms with Gasteiger partial charge >= 0.3 is 5.97 Å². The van der Waals surface area contributed by atoms with Crippen LogP contribution in [0.1, 0.15) is 37.3 Å². The van der Waals surface area contributed by atoms with Gasteiger partial charge < -0.3 is 15.0 Å². The van der Waals surface area contributed by atoms with Crippen molar-refractivity contribution in [2.75, 3.05) is 13.1 Å². The third-order valence-electron chi connectivity index (χ3n) is 3.74. The van der Waals surface area contributed by atoms with Crippen molar-refractivity contribution in [1.29, 1.82) is 5.26 Å². The number of H-pyrrole nitrogens is 1. The molecule has 0 saturated carbocycles. The molecule has 0 saturated heterocycles. The molecule has 0 fully saturated rings. The number of nitrogens with zero attached hydrogens (tertiary/aromatic N) is 1. The molecule has 0 bridgehead atoms. The Morgan fingerprint density at radius 3 is 2.96 bits per heavy atom. The maximum atomic E-state index is 11.3. The van der Waals surface area contributed by atoms with E-state index in [0.29, 0.717) is 24.3 Å². The second kappa shape index (κ2) is 8.90. The van der Waals surface area contributed by atoms with Gasteiger partial charge in [-0.15, -0.1) is 0 Å². The van der Waals surface area contributed by atoms with Crippen LogP contribution in [0, 0.1) is 11.3 Å². The molecule has 1 heterocycles. The van der Waals surface area contributed by atoms with Crippen molar-refractivity contribution in [3.8, 4) is 6.07 Å². The molecule has 24 heavy (non-hydrogen) atoms. The van der Waals surface area contributed by atoms with E-state index in [1.165, 1.54) is 5.56 Å². The molecule has 0 unspecified atom stereocenters. The highest BCUT2D eigenvalue weighted by molar-refractivity contribution is 5.84. The van der Waals surface area contributed by atoms with Gasteiger partial charge in [0.25, 0.3) is 0 Å². The van der Waals surface area contributed by atoms with Crippen LogP contribution >= 0.6 is 0 Å². The summed E-state index contributed by atoms with van der Waals surface area (Å²) in [6.07, 6.45) is 5.42. The standard InChI is InChI=1S/C19H23N3O2/c1-14(2)24-19(23)8-10-21-9-4-3-5-16-13-22-18-7-6-15(12-20)11-17(16)18/h6-7,11,13,21-22H,1,3-5,8-10H2,2H3. The Bertz CT molecular complexity index is 756. The number of esters is 1. The summed E-state index contributed by atoms with van der Waals surface area (Å²) in [5.74, 6) is 0.181. The zero-order valence-corrected chi connectivity index (χ0v) is 14.0. The van der Waals surface area contributed by atoms with Crippen molar-refractivity contribution >= 4 is 16.9 Å². The fourth-order valence-electron chi connectivity index (χ4n) is 2.58. The normalized spacial score (nSPS) is 10.5. The second-order valence-electron chi connectivity index (χ2n) is 5.82. The Labute approximate surface area is 142 Å². The van der Waals surface area contributed by atoms with Gasteiger partial charge in [0, 0.05) is 23.6 Å². The fourth-order valence-corrected chi connectivity index (χ4v) is 2.58. The van der Waals surface area contributed by atoms with Crippen LogP contribution in [0.25, 0.3) is 10.9 Å². The minimum absolute atomic E-state index is 0.248. The molecule has 1 aromatic carbocycles. The Hall–Kier alpha value is -2.58. The van der Waals surface area contributed by atoms with E-state index in [4.69, 9.17) is 10.00 Å². The summed E-state index contributed by atoms with van der Waals surface area (Å²) < 4.78 is 4.89. The smallest absolute Gasteiger partial charge is 0.312 e. The molecule has 0 aliphatic heterocycles. The Morgan fingerprint density at radius 1 is 1.38 bits per heavy atom. The van der Waals surface area contributed by atoms with Gasteiger partial charge in [-0.2, -0.15) is 5.26 Å². The van der Waals surface area contributed by atoms with Gasteiger partial charge in [0.2, 0.25) is 0 Å². The van der Waals surface area contributed by atoms with E-state index in [0.717, 1.165) is 36.7 Å². The molecule has 0 atom stereocenters. The highest BCUT2D eigenvalue weighted by Crippen LogP contribution is 2.21. The molecule has 5 heteroatoms. The number of rotatable bonds is 9. The van der Waals surface area contributed by atoms with Crippen molar-refractivity contribution in [3.63, 3.8) is 0 Å². The molecule has 2 aromatic rings. The molecule has 126 valence electrons. The lowest BCUT2D eigenvalue weighted by atomic mass is 10.1. The van der Waals surface area contributed by atoms with Crippen LogP contribution < -0.4 is 5.32 Å². The number of aryl methyl sites for hydroxylation is 1. The predicted octanol–water partition coefficient (Wildman–Crippen LogP) is 3.42. The van der Waals surface area contributed by atoms with E-state index in [9.17, 15) is 4.79 Å². The molecule has 1 aromatic heterocycles. The lowest BCUT2D eigenvalue weighted by Gasteiger charge is -2.05. The van der Waals surface area contributed by atoms with Crippen molar-refractivity contribution < 1.29 is 9.53 Å². The van der Waals surface area contributed by atoms with E-state index in [-0.39, 0.29) is 5.97 Å². The van der Waals surface area contributed by atoms with Crippen LogP contribution in [0.3, 0.4) is 0 Å². The summed E-state index contributed by atoms with van der Waals surface area (Å²) in [6, 6.07) is 7.89. The summed E-state index contributed by atoms with van der Waals surface area (Å²) in [4.78, 5) is 14.6. The van der Waals surface area contributed by atoms with Crippen molar-refractivity contribution in [2.45, 2.75) is 32.6 Å². The quantitative estimate of drug-likeness (QED) is 0.421. The first-order valence-corrected chi connectivity index (χ1v) is 8.17. The van der Waals surface area contributed by atoms with E-state index in [2.05, 4.69) is 22.9 Å². The zero-order valence-electron chi connectivity index (χ0n) is 14.0. The fraction of sp³-hybridized carbons (Fsp3) is 0.368. The Morgan fingerprint density at radius 2 is 2.21 bits per heavy atom. The topological polar surface area (TPSA) is 77.9 Å². The minimum atomic E-state index is -0.248. The number of hydrogen-bond acceptors (Lipinski definition) is 4. The number of nitriles is 1. The van der Waals surface area contributed by atoms with Crippen molar-refractivity contribution in [2.24, 2.45) is 0 Å². The summed E-state index contributed by atoms with van der Waals surface area (Å²) >= 11 is 0. The molecular weight excluding hydrogens is 302 g/mol. The number of allylic oxidation sites excluding steroid dienone is 1. The number of benzene rings is 1. The minimum Gasteiger partial charge on any atom is -0.432 e. The maximum Gasteiger partial charge on any atom is 0.312 e. The van der Waals surface area contributed by atoms with Gasteiger partial charge in [-0.3, -0.25) is 4.79 Å². The molecule has 2 N–H and O–H groups in total. The van der Waals surface area contributed by atoms with Crippen LogP contribution in [-0.2, 0) is 16.0 Å². The van der Waals surface area contributed by atoms with Gasteiger partial charge in [-0.1, -0.05) is 6.58 Å². The highest BCUT2D eigenvalue weighted by atomic mass is 16.5. The van der Waals surface area contributed by atoms with Gasteiger partial charge in [0.05, 0.1) is 23.8 Å². The maximum absolute atomic E-state index is 11.3. The Balaban J connectivity index is 1.67. The number of fused-ring (bicyclic) bond motifs is 1. The molecule has 2 rings (SSSR count).